The normalized spacial score (nSPS) is 19.6. The van der Waals surface area contributed by atoms with E-state index in [1.54, 1.807) is 4.90 Å². The summed E-state index contributed by atoms with van der Waals surface area (Å²) in [5.74, 6) is 1.06. The van der Waals surface area contributed by atoms with E-state index < -0.39 is 0 Å². The monoisotopic (exact) mass is 459 g/mol. The fourth-order valence-electron chi connectivity index (χ4n) is 3.07. The smallest absolute Gasteiger partial charge is 0.267 e. The molecular weight excluding hydrogens is 437 g/mol. The zero-order chi connectivity index (χ0) is 19.9. The number of hydrogen-bond donors (Lipinski definition) is 0. The van der Waals surface area contributed by atoms with Crippen LogP contribution in [-0.4, -0.2) is 77.8 Å². The third-order valence-electron chi connectivity index (χ3n) is 4.58. The Bertz CT molecular complexity index is 718. The Balaban J connectivity index is 1.67. The van der Waals surface area contributed by atoms with Crippen molar-refractivity contribution in [2.75, 3.05) is 62.7 Å². The number of halogens is 2. The molecule has 0 atom stereocenters. The van der Waals surface area contributed by atoms with Crippen LogP contribution in [0.1, 0.15) is 5.56 Å². The molecule has 1 aromatic carbocycles. The molecule has 2 saturated heterocycles. The van der Waals surface area contributed by atoms with Gasteiger partial charge in [-0.05, 0) is 23.8 Å². The number of benzene rings is 1. The molecule has 2 aliphatic heterocycles. The second-order valence-corrected chi connectivity index (χ2v) is 8.87. The summed E-state index contributed by atoms with van der Waals surface area (Å²) < 4.78 is 5.97. The summed E-state index contributed by atoms with van der Waals surface area (Å²) in [6.07, 6.45) is 1.90. The molecular formula is C19H23Cl2N3O2S2. The fourth-order valence-corrected chi connectivity index (χ4v) is 4.72. The Kier molecular flexibility index (Phi) is 8.44. The molecule has 28 heavy (non-hydrogen) atoms. The molecule has 0 saturated carbocycles. The second kappa shape index (κ2) is 10.8. The number of ether oxygens (including phenoxy) is 1. The van der Waals surface area contributed by atoms with Gasteiger partial charge in [0.15, 0.2) is 0 Å². The van der Waals surface area contributed by atoms with E-state index in [0.29, 0.717) is 40.9 Å². The van der Waals surface area contributed by atoms with Crippen molar-refractivity contribution >= 4 is 69.2 Å². The Morgan fingerprint density at radius 3 is 2.39 bits per heavy atom. The molecule has 5 nitrogen and oxygen atoms in total. The largest absolute Gasteiger partial charge is 0.379 e. The van der Waals surface area contributed by atoms with Crippen LogP contribution in [0.4, 0.5) is 5.69 Å². The van der Waals surface area contributed by atoms with Crippen LogP contribution < -0.4 is 4.90 Å². The molecule has 2 fully saturated rings. The van der Waals surface area contributed by atoms with Crippen molar-refractivity contribution in [2.24, 2.45) is 0 Å². The number of amides is 1. The minimum Gasteiger partial charge on any atom is -0.379 e. The van der Waals surface area contributed by atoms with Crippen LogP contribution in [-0.2, 0) is 9.53 Å². The zero-order valence-corrected chi connectivity index (χ0v) is 18.6. The summed E-state index contributed by atoms with van der Waals surface area (Å²) in [4.78, 5) is 19.5. The van der Waals surface area contributed by atoms with Crippen LogP contribution in [0.15, 0.2) is 29.2 Å². The van der Waals surface area contributed by atoms with Gasteiger partial charge in [0, 0.05) is 43.6 Å². The third-order valence-corrected chi connectivity index (χ3v) is 6.30. The Morgan fingerprint density at radius 1 is 1.14 bits per heavy atom. The zero-order valence-electron chi connectivity index (χ0n) is 15.5. The van der Waals surface area contributed by atoms with Gasteiger partial charge >= 0.3 is 0 Å². The molecule has 0 N–H and O–H groups in total. The van der Waals surface area contributed by atoms with Crippen molar-refractivity contribution in [3.63, 3.8) is 0 Å². The number of carbonyl (C=O) groups is 1. The summed E-state index contributed by atoms with van der Waals surface area (Å²) in [6, 6.07) is 8.05. The van der Waals surface area contributed by atoms with Gasteiger partial charge in [0.2, 0.25) is 0 Å². The maximum Gasteiger partial charge on any atom is 0.267 e. The van der Waals surface area contributed by atoms with Crippen molar-refractivity contribution in [1.82, 2.24) is 9.80 Å². The van der Waals surface area contributed by atoms with Gasteiger partial charge in [-0.2, -0.15) is 0 Å². The van der Waals surface area contributed by atoms with Gasteiger partial charge in [-0.3, -0.25) is 14.6 Å². The maximum atomic E-state index is 12.8. The van der Waals surface area contributed by atoms with Gasteiger partial charge in [0.25, 0.3) is 5.91 Å². The van der Waals surface area contributed by atoms with Crippen molar-refractivity contribution < 1.29 is 9.53 Å². The molecule has 0 unspecified atom stereocenters. The molecule has 9 heteroatoms. The van der Waals surface area contributed by atoms with Crippen LogP contribution in [0.5, 0.6) is 0 Å². The molecule has 3 rings (SSSR count). The van der Waals surface area contributed by atoms with Gasteiger partial charge < -0.3 is 9.64 Å². The average molecular weight is 460 g/mol. The van der Waals surface area contributed by atoms with Crippen molar-refractivity contribution in [3.8, 4) is 0 Å². The van der Waals surface area contributed by atoms with Gasteiger partial charge in [0.1, 0.15) is 4.32 Å². The summed E-state index contributed by atoms with van der Waals surface area (Å²) in [5, 5.41) is 0. The lowest BCUT2D eigenvalue weighted by atomic mass is 10.1. The van der Waals surface area contributed by atoms with Crippen molar-refractivity contribution in [2.45, 2.75) is 0 Å². The van der Waals surface area contributed by atoms with Crippen LogP contribution >= 0.6 is 47.2 Å². The van der Waals surface area contributed by atoms with Crippen molar-refractivity contribution in [3.05, 3.63) is 34.7 Å². The van der Waals surface area contributed by atoms with E-state index in [-0.39, 0.29) is 5.91 Å². The summed E-state index contributed by atoms with van der Waals surface area (Å²) in [5.41, 5.74) is 2.03. The predicted octanol–water partition coefficient (Wildman–Crippen LogP) is 3.46. The Hall–Kier alpha value is -0.830. The summed E-state index contributed by atoms with van der Waals surface area (Å²) in [7, 11) is 0. The van der Waals surface area contributed by atoms with Crippen molar-refractivity contribution in [1.29, 1.82) is 0 Å². The number of rotatable bonds is 8. The minimum atomic E-state index is -0.0310. The van der Waals surface area contributed by atoms with E-state index in [0.717, 1.165) is 37.4 Å². The Labute approximate surface area is 185 Å². The molecule has 0 spiro atoms. The number of hydrogen-bond acceptors (Lipinski definition) is 6. The van der Waals surface area contributed by atoms with E-state index in [1.807, 2.05) is 30.3 Å². The molecule has 2 aliphatic rings. The minimum absolute atomic E-state index is 0.0310. The standard InChI is InChI=1S/C19H23Cl2N3O2S2/c20-5-7-23(8-6-21)16-3-1-15(2-4-16)13-17-18(25)24(19(27)28-17)14-22-9-11-26-12-10-22/h1-4,13H,5-12,14H2/b17-13-. The van der Waals surface area contributed by atoms with E-state index in [1.165, 1.54) is 11.8 Å². The van der Waals surface area contributed by atoms with Gasteiger partial charge in [-0.25, -0.2) is 0 Å². The molecule has 152 valence electrons. The number of thiocarbonyl (C=S) groups is 1. The number of anilines is 1. The van der Waals surface area contributed by atoms with Crippen LogP contribution in [0.3, 0.4) is 0 Å². The molecule has 1 aromatic rings. The lowest BCUT2D eigenvalue weighted by Crippen LogP contribution is -2.45. The topological polar surface area (TPSA) is 36.0 Å². The molecule has 0 aliphatic carbocycles. The SMILES string of the molecule is O=C1/C(=C/c2ccc(N(CCCl)CCCl)cc2)SC(=S)N1CN1CCOCC1. The second-order valence-electron chi connectivity index (χ2n) is 6.44. The van der Waals surface area contributed by atoms with E-state index in [9.17, 15) is 4.79 Å². The van der Waals surface area contributed by atoms with E-state index in [4.69, 9.17) is 40.2 Å². The molecule has 0 bridgehead atoms. The van der Waals surface area contributed by atoms with E-state index in [2.05, 4.69) is 9.80 Å². The lowest BCUT2D eigenvalue weighted by Gasteiger charge is -2.29. The predicted molar refractivity (Wildman–Crippen MR) is 122 cm³/mol. The van der Waals surface area contributed by atoms with Crippen LogP contribution in [0.25, 0.3) is 6.08 Å². The Morgan fingerprint density at radius 2 is 1.79 bits per heavy atom. The summed E-state index contributed by atoms with van der Waals surface area (Å²) >= 11 is 18.5. The highest BCUT2D eigenvalue weighted by atomic mass is 35.5. The quantitative estimate of drug-likeness (QED) is 0.336. The molecule has 2 heterocycles. The number of alkyl halides is 2. The number of nitrogens with zero attached hydrogens (tertiary/aromatic N) is 3. The lowest BCUT2D eigenvalue weighted by molar-refractivity contribution is -0.124. The number of morpholine rings is 1. The van der Waals surface area contributed by atoms with E-state index >= 15 is 0 Å². The van der Waals surface area contributed by atoms with Crippen LogP contribution in [0.2, 0.25) is 0 Å². The molecule has 0 aromatic heterocycles. The maximum absolute atomic E-state index is 12.8. The third kappa shape index (κ3) is 5.62. The fraction of sp³-hybridized carbons (Fsp3) is 0.474. The highest BCUT2D eigenvalue weighted by molar-refractivity contribution is 8.26. The average Bonchev–Trinajstić information content (AvgIpc) is 2.97. The first-order chi connectivity index (χ1) is 13.6. The molecule has 0 radical (unpaired) electrons. The highest BCUT2D eigenvalue weighted by Crippen LogP contribution is 2.33. The molecule has 1 amide bonds. The van der Waals surface area contributed by atoms with Gasteiger partial charge in [-0.15, -0.1) is 23.2 Å². The first-order valence-electron chi connectivity index (χ1n) is 9.15. The van der Waals surface area contributed by atoms with Gasteiger partial charge in [-0.1, -0.05) is 36.1 Å². The van der Waals surface area contributed by atoms with Crippen LogP contribution in [0, 0.1) is 0 Å². The highest BCUT2D eigenvalue weighted by Gasteiger charge is 2.33. The first kappa shape index (κ1) is 21.9. The number of carbonyl (C=O) groups excluding carboxylic acids is 1. The van der Waals surface area contributed by atoms with Gasteiger partial charge in [0.05, 0.1) is 24.8 Å². The first-order valence-corrected chi connectivity index (χ1v) is 11.4. The summed E-state index contributed by atoms with van der Waals surface area (Å²) in [6.45, 7) is 5.04. The number of thioether (sulfide) groups is 1.